The van der Waals surface area contributed by atoms with Gasteiger partial charge in [0.15, 0.2) is 0 Å². The molecule has 8 atom stereocenters. The molecule has 0 amide bonds. The highest BCUT2D eigenvalue weighted by atomic mass is 16.3. The maximum absolute atomic E-state index is 10.6. The number of aliphatic hydroxyl groups excluding tert-OH is 2. The molecule has 0 radical (unpaired) electrons. The van der Waals surface area contributed by atoms with Crippen LogP contribution in [-0.4, -0.2) is 22.9 Å². The molecular weight excluding hydrogens is 284 g/mol. The Balaban J connectivity index is 1.79. The first kappa shape index (κ1) is 16.1. The number of aliphatic hydroxyl groups is 2. The first-order valence-electron chi connectivity index (χ1n) is 9.95. The van der Waals surface area contributed by atoms with Crippen molar-refractivity contribution >= 4 is 0 Å². The van der Waals surface area contributed by atoms with Crippen molar-refractivity contribution < 1.29 is 10.2 Å². The van der Waals surface area contributed by atoms with Gasteiger partial charge in [0.05, 0.1) is 12.7 Å². The predicted molar refractivity (Wildman–Crippen MR) is 92.8 cm³/mol. The molecule has 2 heteroatoms. The van der Waals surface area contributed by atoms with E-state index in [9.17, 15) is 10.2 Å². The molecule has 130 valence electrons. The Labute approximate surface area is 141 Å². The lowest BCUT2D eigenvalue weighted by Crippen LogP contribution is -2.56. The van der Waals surface area contributed by atoms with Crippen molar-refractivity contribution in [2.45, 2.75) is 71.8 Å². The summed E-state index contributed by atoms with van der Waals surface area (Å²) in [7, 11) is 0. The first-order chi connectivity index (χ1) is 10.9. The maximum atomic E-state index is 10.6. The van der Waals surface area contributed by atoms with Crippen LogP contribution < -0.4 is 0 Å². The molecule has 0 aromatic rings. The molecule has 0 spiro atoms. The fourth-order valence-electron chi connectivity index (χ4n) is 7.55. The summed E-state index contributed by atoms with van der Waals surface area (Å²) < 4.78 is 0. The van der Waals surface area contributed by atoms with E-state index in [1.165, 1.54) is 32.1 Å². The third-order valence-corrected chi connectivity index (χ3v) is 8.84. The minimum Gasteiger partial charge on any atom is -0.395 e. The minimum absolute atomic E-state index is 0.0459. The average Bonchev–Trinajstić information content (AvgIpc) is 2.83. The zero-order valence-electron chi connectivity index (χ0n) is 15.1. The van der Waals surface area contributed by atoms with E-state index < -0.39 is 0 Å². The molecule has 3 fully saturated rings. The summed E-state index contributed by atoms with van der Waals surface area (Å²) in [6, 6.07) is 0. The first-order valence-corrected chi connectivity index (χ1v) is 9.95. The van der Waals surface area contributed by atoms with E-state index in [0.717, 1.165) is 12.8 Å². The Kier molecular flexibility index (Phi) is 3.74. The van der Waals surface area contributed by atoms with Crippen LogP contribution in [0.3, 0.4) is 0 Å². The van der Waals surface area contributed by atoms with E-state index in [-0.39, 0.29) is 16.9 Å². The molecule has 4 aliphatic carbocycles. The fourth-order valence-corrected chi connectivity index (χ4v) is 7.55. The molecule has 0 bridgehead atoms. The van der Waals surface area contributed by atoms with Crippen molar-refractivity contribution in [3.8, 4) is 0 Å². The van der Waals surface area contributed by atoms with E-state index in [4.69, 9.17) is 0 Å². The van der Waals surface area contributed by atoms with Crippen LogP contribution in [-0.2, 0) is 0 Å². The summed E-state index contributed by atoms with van der Waals surface area (Å²) in [5, 5.41) is 21.1. The van der Waals surface area contributed by atoms with Gasteiger partial charge in [0, 0.05) is 5.41 Å². The van der Waals surface area contributed by atoms with Crippen LogP contribution >= 0.6 is 0 Å². The fraction of sp³-hybridized carbons (Fsp3) is 0.905. The number of rotatable bonds is 1. The van der Waals surface area contributed by atoms with Gasteiger partial charge in [0.25, 0.3) is 0 Å². The molecule has 4 rings (SSSR count). The van der Waals surface area contributed by atoms with Crippen LogP contribution in [0.25, 0.3) is 0 Å². The van der Waals surface area contributed by atoms with Gasteiger partial charge < -0.3 is 10.2 Å². The Morgan fingerprint density at radius 3 is 2.65 bits per heavy atom. The van der Waals surface area contributed by atoms with Gasteiger partial charge in [0.1, 0.15) is 0 Å². The number of hydrogen-bond donors (Lipinski definition) is 2. The van der Waals surface area contributed by atoms with Crippen LogP contribution in [0.5, 0.6) is 0 Å². The minimum atomic E-state index is -0.111. The second-order valence-corrected chi connectivity index (χ2v) is 9.47. The van der Waals surface area contributed by atoms with Gasteiger partial charge in [-0.15, -0.1) is 0 Å². The molecule has 0 aromatic heterocycles. The molecule has 0 aliphatic heterocycles. The van der Waals surface area contributed by atoms with Crippen molar-refractivity contribution in [3.63, 3.8) is 0 Å². The highest BCUT2D eigenvalue weighted by Gasteiger charge is 2.61. The summed E-state index contributed by atoms with van der Waals surface area (Å²) in [5.74, 6) is 3.13. The van der Waals surface area contributed by atoms with E-state index >= 15 is 0 Å². The third kappa shape index (κ3) is 1.94. The Morgan fingerprint density at radius 1 is 1.13 bits per heavy atom. The van der Waals surface area contributed by atoms with E-state index in [1.807, 2.05) is 0 Å². The standard InChI is InChI=1S/C21H34O2/c1-13-11-15-6-4-5-14(2)21(15,12-22)17-9-10-20(3)16(19(13)17)7-8-18(20)23/h11,13-14,16-19,22-23H,4-10,12H2,1-3H3/t13-,14+,16+,17+,18+,19+,20+,21+/m1/s1. The molecule has 0 saturated heterocycles. The summed E-state index contributed by atoms with van der Waals surface area (Å²) in [4.78, 5) is 0. The van der Waals surface area contributed by atoms with E-state index in [1.54, 1.807) is 5.57 Å². The van der Waals surface area contributed by atoms with Crippen molar-refractivity contribution in [2.24, 2.45) is 40.4 Å². The Hall–Kier alpha value is -0.340. The summed E-state index contributed by atoms with van der Waals surface area (Å²) in [6.07, 6.45) is 10.7. The summed E-state index contributed by atoms with van der Waals surface area (Å²) >= 11 is 0. The SMILES string of the molecule is C[C@@H]1C=C2CCC[C@H](C)[C@]2(CO)[C@H]2CC[C@]3(C)[C@@H](O)CC[C@H]3[C@H]12. The van der Waals surface area contributed by atoms with Gasteiger partial charge >= 0.3 is 0 Å². The quantitative estimate of drug-likeness (QED) is 0.713. The monoisotopic (exact) mass is 318 g/mol. The lowest BCUT2D eigenvalue weighted by Gasteiger charge is -2.61. The zero-order valence-corrected chi connectivity index (χ0v) is 15.1. The summed E-state index contributed by atoms with van der Waals surface area (Å²) in [5.41, 5.74) is 1.74. The van der Waals surface area contributed by atoms with Gasteiger partial charge in [-0.2, -0.15) is 0 Å². The maximum Gasteiger partial charge on any atom is 0.0596 e. The van der Waals surface area contributed by atoms with Crippen molar-refractivity contribution in [3.05, 3.63) is 11.6 Å². The summed E-state index contributed by atoms with van der Waals surface area (Å²) in [6.45, 7) is 7.46. The van der Waals surface area contributed by atoms with Gasteiger partial charge in [-0.3, -0.25) is 0 Å². The smallest absolute Gasteiger partial charge is 0.0596 e. The second kappa shape index (κ2) is 5.33. The van der Waals surface area contributed by atoms with Gasteiger partial charge in [-0.1, -0.05) is 32.4 Å². The number of allylic oxidation sites excluding steroid dienone is 1. The Bertz CT molecular complexity index is 512. The number of fused-ring (bicyclic) bond motifs is 5. The molecule has 4 aliphatic rings. The third-order valence-electron chi connectivity index (χ3n) is 8.84. The van der Waals surface area contributed by atoms with Crippen molar-refractivity contribution in [2.75, 3.05) is 6.61 Å². The zero-order chi connectivity index (χ0) is 16.4. The van der Waals surface area contributed by atoms with E-state index in [0.29, 0.717) is 36.2 Å². The normalized spacial score (nSPS) is 55.6. The largest absolute Gasteiger partial charge is 0.395 e. The molecular formula is C21H34O2. The lowest BCUT2D eigenvalue weighted by molar-refractivity contribution is -0.111. The predicted octanol–water partition coefficient (Wildman–Crippen LogP) is 4.16. The van der Waals surface area contributed by atoms with Crippen LogP contribution in [0.4, 0.5) is 0 Å². The highest BCUT2D eigenvalue weighted by molar-refractivity contribution is 5.28. The van der Waals surface area contributed by atoms with Gasteiger partial charge in [-0.05, 0) is 80.0 Å². The molecule has 3 saturated carbocycles. The topological polar surface area (TPSA) is 40.5 Å². The second-order valence-electron chi connectivity index (χ2n) is 9.47. The molecule has 0 unspecified atom stereocenters. The average molecular weight is 319 g/mol. The molecule has 0 heterocycles. The highest BCUT2D eigenvalue weighted by Crippen LogP contribution is 2.66. The lowest BCUT2D eigenvalue weighted by atomic mass is 9.44. The van der Waals surface area contributed by atoms with Gasteiger partial charge in [-0.25, -0.2) is 0 Å². The van der Waals surface area contributed by atoms with E-state index in [2.05, 4.69) is 26.8 Å². The van der Waals surface area contributed by atoms with Crippen molar-refractivity contribution in [1.82, 2.24) is 0 Å². The van der Waals surface area contributed by atoms with Crippen LogP contribution in [0, 0.1) is 40.4 Å². The number of hydrogen-bond acceptors (Lipinski definition) is 2. The van der Waals surface area contributed by atoms with Crippen LogP contribution in [0.15, 0.2) is 11.6 Å². The van der Waals surface area contributed by atoms with Crippen LogP contribution in [0.1, 0.15) is 65.7 Å². The molecule has 23 heavy (non-hydrogen) atoms. The van der Waals surface area contributed by atoms with Crippen LogP contribution in [0.2, 0.25) is 0 Å². The van der Waals surface area contributed by atoms with Gasteiger partial charge in [0.2, 0.25) is 0 Å². The van der Waals surface area contributed by atoms with Crippen molar-refractivity contribution in [1.29, 1.82) is 0 Å². The molecule has 0 aromatic carbocycles. The Morgan fingerprint density at radius 2 is 1.91 bits per heavy atom. The molecule has 2 nitrogen and oxygen atoms in total. The molecule has 2 N–H and O–H groups in total.